The van der Waals surface area contributed by atoms with Crippen molar-refractivity contribution in [2.24, 2.45) is 39.4 Å². The van der Waals surface area contributed by atoms with Crippen molar-refractivity contribution in [3.63, 3.8) is 0 Å². The second-order valence-corrected chi connectivity index (χ2v) is 13.4. The molecule has 3 unspecified atom stereocenters. The molecule has 4 aliphatic carbocycles. The highest BCUT2D eigenvalue weighted by atomic mass is 16.4. The summed E-state index contributed by atoms with van der Waals surface area (Å²) in [4.78, 5) is 11.2. The van der Waals surface area contributed by atoms with Gasteiger partial charge in [0.15, 0.2) is 0 Å². The molecule has 4 nitrogen and oxygen atoms in total. The standard InChI is InChI=1S/C30H46O4/c1-18(16-20(31)17-19(2)26(33)34)21-10-14-30(7)23-8-9-24-27(3,4)25(32)12-13-28(24,5)22(23)11-15-29(21,30)6/h8,11,17-18,20-21,24-25,31-32H,9-10,12-16H2,1-7H3,(H,33,34)/t18-,20?,21-,24?,25?,28-,29-,30+/m1/s1. The molecule has 0 radical (unpaired) electrons. The van der Waals surface area contributed by atoms with Gasteiger partial charge in [-0.25, -0.2) is 4.79 Å². The summed E-state index contributed by atoms with van der Waals surface area (Å²) in [5, 5.41) is 30.5. The number of hydrogen-bond acceptors (Lipinski definition) is 3. The largest absolute Gasteiger partial charge is 0.478 e. The summed E-state index contributed by atoms with van der Waals surface area (Å²) in [5.74, 6) is 0.291. The Balaban J connectivity index is 1.63. The number of rotatable bonds is 5. The highest BCUT2D eigenvalue weighted by molar-refractivity contribution is 5.85. The lowest BCUT2D eigenvalue weighted by molar-refractivity contribution is -0.132. The van der Waals surface area contributed by atoms with Crippen LogP contribution in [0.25, 0.3) is 0 Å². The molecule has 8 atom stereocenters. The van der Waals surface area contributed by atoms with E-state index in [1.54, 1.807) is 18.1 Å². The van der Waals surface area contributed by atoms with Crippen LogP contribution in [0.3, 0.4) is 0 Å². The van der Waals surface area contributed by atoms with E-state index < -0.39 is 12.1 Å². The Morgan fingerprint density at radius 3 is 2.44 bits per heavy atom. The summed E-state index contributed by atoms with van der Waals surface area (Å²) in [6, 6.07) is 0. The molecule has 3 N–H and O–H groups in total. The molecular formula is C30H46O4. The van der Waals surface area contributed by atoms with Gasteiger partial charge in [-0.1, -0.05) is 53.7 Å². The van der Waals surface area contributed by atoms with Crippen LogP contribution in [0.4, 0.5) is 0 Å². The fourth-order valence-electron chi connectivity index (χ4n) is 8.92. The Morgan fingerprint density at radius 2 is 1.79 bits per heavy atom. The predicted octanol–water partition coefficient (Wildman–Crippen LogP) is 6.29. The van der Waals surface area contributed by atoms with Crippen molar-refractivity contribution in [2.75, 3.05) is 0 Å². The topological polar surface area (TPSA) is 77.8 Å². The van der Waals surface area contributed by atoms with E-state index in [0.717, 1.165) is 38.5 Å². The number of carboxylic acid groups (broad SMARTS) is 1. The third-order valence-electron chi connectivity index (χ3n) is 11.4. The SMILES string of the molecule is CC(=CC(O)C[C@@H](C)[C@H]1CC[C@@]2(C)C3=CCC4C(C)(C)C(O)CC[C@]4(C)C3=CC[C@]12C)C(=O)O. The van der Waals surface area contributed by atoms with Gasteiger partial charge in [0.25, 0.3) is 0 Å². The maximum Gasteiger partial charge on any atom is 0.331 e. The summed E-state index contributed by atoms with van der Waals surface area (Å²) < 4.78 is 0. The lowest BCUT2D eigenvalue weighted by Gasteiger charge is -2.61. The molecule has 4 aliphatic rings. The average molecular weight is 471 g/mol. The Labute approximate surface area is 206 Å². The average Bonchev–Trinajstić information content (AvgIpc) is 3.02. The van der Waals surface area contributed by atoms with Crippen LogP contribution in [0.15, 0.2) is 34.9 Å². The lowest BCUT2D eigenvalue weighted by Crippen LogP contribution is -2.54. The molecular weight excluding hydrogens is 424 g/mol. The fourth-order valence-corrected chi connectivity index (χ4v) is 8.92. The van der Waals surface area contributed by atoms with E-state index in [-0.39, 0.29) is 33.3 Å². The van der Waals surface area contributed by atoms with Crippen LogP contribution in [0.2, 0.25) is 0 Å². The third kappa shape index (κ3) is 3.58. The zero-order chi connectivity index (χ0) is 25.3. The van der Waals surface area contributed by atoms with Gasteiger partial charge in [-0.2, -0.15) is 0 Å². The monoisotopic (exact) mass is 470 g/mol. The molecule has 0 amide bonds. The Morgan fingerprint density at radius 1 is 1.12 bits per heavy atom. The van der Waals surface area contributed by atoms with Crippen molar-refractivity contribution in [1.29, 1.82) is 0 Å². The van der Waals surface area contributed by atoms with Crippen molar-refractivity contribution in [3.05, 3.63) is 34.9 Å². The smallest absolute Gasteiger partial charge is 0.331 e. The van der Waals surface area contributed by atoms with Crippen molar-refractivity contribution in [1.82, 2.24) is 0 Å². The number of allylic oxidation sites excluding steroid dienone is 4. The Hall–Kier alpha value is -1.39. The molecule has 0 aromatic carbocycles. The molecule has 0 spiro atoms. The van der Waals surface area contributed by atoms with Crippen LogP contribution in [0.5, 0.6) is 0 Å². The van der Waals surface area contributed by atoms with Gasteiger partial charge in [0, 0.05) is 5.57 Å². The molecule has 4 heteroatoms. The van der Waals surface area contributed by atoms with Crippen molar-refractivity contribution in [3.8, 4) is 0 Å². The zero-order valence-corrected chi connectivity index (χ0v) is 22.3. The number of carboxylic acids is 1. The highest BCUT2D eigenvalue weighted by Crippen LogP contribution is 2.71. The first kappa shape index (κ1) is 25.7. The zero-order valence-electron chi connectivity index (χ0n) is 22.3. The first-order chi connectivity index (χ1) is 15.7. The number of carbonyl (C=O) groups is 1. The maximum absolute atomic E-state index is 11.2. The second kappa shape index (κ2) is 8.34. The molecule has 2 saturated carbocycles. The normalized spacial score (nSPS) is 43.1. The number of aliphatic hydroxyl groups excluding tert-OH is 2. The van der Waals surface area contributed by atoms with Crippen LogP contribution in [0, 0.1) is 39.4 Å². The van der Waals surface area contributed by atoms with Crippen LogP contribution in [-0.2, 0) is 4.79 Å². The summed E-state index contributed by atoms with van der Waals surface area (Å²) >= 11 is 0. The maximum atomic E-state index is 11.2. The van der Waals surface area contributed by atoms with Crippen molar-refractivity contribution < 1.29 is 20.1 Å². The molecule has 0 aromatic heterocycles. The Kier molecular flexibility index (Phi) is 6.30. The van der Waals surface area contributed by atoms with E-state index in [1.165, 1.54) is 6.08 Å². The molecule has 0 aromatic rings. The van der Waals surface area contributed by atoms with E-state index in [2.05, 4.69) is 53.7 Å². The van der Waals surface area contributed by atoms with Crippen LogP contribution in [0.1, 0.15) is 93.4 Å². The molecule has 2 fully saturated rings. The molecule has 0 bridgehead atoms. The lowest BCUT2D eigenvalue weighted by atomic mass is 9.44. The van der Waals surface area contributed by atoms with Crippen LogP contribution in [-0.4, -0.2) is 33.5 Å². The first-order valence-corrected chi connectivity index (χ1v) is 13.4. The van der Waals surface area contributed by atoms with E-state index in [0.29, 0.717) is 24.2 Å². The van der Waals surface area contributed by atoms with Gasteiger partial charge in [-0.15, -0.1) is 0 Å². The highest BCUT2D eigenvalue weighted by Gasteiger charge is 2.63. The van der Waals surface area contributed by atoms with Gasteiger partial charge < -0.3 is 15.3 Å². The van der Waals surface area contributed by atoms with Gasteiger partial charge >= 0.3 is 5.97 Å². The minimum atomic E-state index is -0.966. The van der Waals surface area contributed by atoms with E-state index >= 15 is 0 Å². The molecule has 4 rings (SSSR count). The second-order valence-electron chi connectivity index (χ2n) is 13.4. The van der Waals surface area contributed by atoms with Gasteiger partial charge in [0.05, 0.1) is 12.2 Å². The molecule has 0 aliphatic heterocycles. The number of fused-ring (bicyclic) bond motifs is 5. The summed E-state index contributed by atoms with van der Waals surface area (Å²) in [7, 11) is 0. The van der Waals surface area contributed by atoms with Crippen LogP contribution < -0.4 is 0 Å². The first-order valence-electron chi connectivity index (χ1n) is 13.4. The summed E-state index contributed by atoms with van der Waals surface area (Å²) in [6.45, 7) is 15.7. The molecule has 0 saturated heterocycles. The van der Waals surface area contributed by atoms with Gasteiger partial charge in [-0.05, 0) is 109 Å². The quantitative estimate of drug-likeness (QED) is 0.413. The van der Waals surface area contributed by atoms with Crippen molar-refractivity contribution in [2.45, 2.75) is 106 Å². The minimum Gasteiger partial charge on any atom is -0.478 e. The van der Waals surface area contributed by atoms with Crippen molar-refractivity contribution >= 4 is 5.97 Å². The predicted molar refractivity (Wildman–Crippen MR) is 136 cm³/mol. The van der Waals surface area contributed by atoms with Gasteiger partial charge in [0.2, 0.25) is 0 Å². The number of aliphatic hydroxyl groups is 2. The minimum absolute atomic E-state index is 0.0814. The van der Waals surface area contributed by atoms with E-state index in [4.69, 9.17) is 5.11 Å². The fraction of sp³-hybridized carbons (Fsp3) is 0.767. The third-order valence-corrected chi connectivity index (χ3v) is 11.4. The van der Waals surface area contributed by atoms with Gasteiger partial charge in [0.1, 0.15) is 0 Å². The van der Waals surface area contributed by atoms with Crippen LogP contribution >= 0.6 is 0 Å². The number of aliphatic carboxylic acids is 1. The van der Waals surface area contributed by atoms with E-state index in [9.17, 15) is 15.0 Å². The molecule has 34 heavy (non-hydrogen) atoms. The number of hydrogen-bond donors (Lipinski definition) is 3. The summed E-state index contributed by atoms with van der Waals surface area (Å²) in [6.07, 6.45) is 12.5. The Bertz CT molecular complexity index is 941. The summed E-state index contributed by atoms with van der Waals surface area (Å²) in [5.41, 5.74) is 3.60. The molecule has 190 valence electrons. The molecule has 0 heterocycles. The van der Waals surface area contributed by atoms with E-state index in [1.807, 2.05) is 0 Å². The van der Waals surface area contributed by atoms with Gasteiger partial charge in [-0.3, -0.25) is 0 Å².